The Hall–Kier alpha value is -3.29. The van der Waals surface area contributed by atoms with Gasteiger partial charge < -0.3 is 19.5 Å². The van der Waals surface area contributed by atoms with Gasteiger partial charge in [-0.25, -0.2) is 0 Å². The van der Waals surface area contributed by atoms with Crippen molar-refractivity contribution in [1.82, 2.24) is 5.32 Å². The predicted molar refractivity (Wildman–Crippen MR) is 87.6 cm³/mol. The van der Waals surface area contributed by atoms with Crippen LogP contribution >= 0.6 is 0 Å². The first kappa shape index (κ1) is 16.6. The van der Waals surface area contributed by atoms with Gasteiger partial charge in [0.05, 0.1) is 4.92 Å². The first-order chi connectivity index (χ1) is 12.0. The molecular weight excluding hydrogens is 328 g/mol. The maximum Gasteiger partial charge on any atom is 0.269 e. The van der Waals surface area contributed by atoms with Crippen molar-refractivity contribution in [2.45, 2.75) is 19.6 Å². The van der Waals surface area contributed by atoms with Crippen molar-refractivity contribution < 1.29 is 23.9 Å². The maximum absolute atomic E-state index is 12.1. The molecule has 1 heterocycles. The molecule has 0 aromatic heterocycles. The molecule has 130 valence electrons. The molecule has 2 aromatic carbocycles. The number of non-ortho nitro benzene ring substituents is 1. The lowest BCUT2D eigenvalue weighted by Gasteiger charge is -2.14. The predicted octanol–water partition coefficient (Wildman–Crippen LogP) is 2.41. The van der Waals surface area contributed by atoms with Gasteiger partial charge in [-0.05, 0) is 36.8 Å². The number of nitro benzene ring substituents is 1. The van der Waals surface area contributed by atoms with E-state index in [0.29, 0.717) is 23.8 Å². The van der Waals surface area contributed by atoms with Gasteiger partial charge in [0.25, 0.3) is 11.6 Å². The summed E-state index contributed by atoms with van der Waals surface area (Å²) in [6.07, 6.45) is -0.740. The van der Waals surface area contributed by atoms with Gasteiger partial charge in [0, 0.05) is 18.7 Å². The van der Waals surface area contributed by atoms with Gasteiger partial charge in [0.2, 0.25) is 6.79 Å². The van der Waals surface area contributed by atoms with Crippen LogP contribution < -0.4 is 19.5 Å². The third kappa shape index (κ3) is 3.97. The van der Waals surface area contributed by atoms with Gasteiger partial charge in [0.15, 0.2) is 17.6 Å². The number of hydrogen-bond acceptors (Lipinski definition) is 6. The third-order valence-corrected chi connectivity index (χ3v) is 3.63. The molecule has 0 spiro atoms. The van der Waals surface area contributed by atoms with E-state index in [4.69, 9.17) is 14.2 Å². The average Bonchev–Trinajstić information content (AvgIpc) is 3.07. The zero-order valence-corrected chi connectivity index (χ0v) is 13.4. The summed E-state index contributed by atoms with van der Waals surface area (Å²) in [5.41, 5.74) is 0.840. The van der Waals surface area contributed by atoms with Crippen LogP contribution in [0.1, 0.15) is 12.5 Å². The molecule has 0 saturated heterocycles. The topological polar surface area (TPSA) is 99.9 Å². The Labute approximate surface area is 143 Å². The molecule has 2 aromatic rings. The molecule has 0 bridgehead atoms. The van der Waals surface area contributed by atoms with Gasteiger partial charge in [-0.1, -0.05) is 6.07 Å². The number of hydrogen-bond donors (Lipinski definition) is 1. The van der Waals surface area contributed by atoms with E-state index in [2.05, 4.69) is 5.32 Å². The van der Waals surface area contributed by atoms with E-state index in [9.17, 15) is 14.9 Å². The minimum atomic E-state index is -0.740. The second kappa shape index (κ2) is 7.08. The maximum atomic E-state index is 12.1. The van der Waals surface area contributed by atoms with Crippen molar-refractivity contribution in [3.8, 4) is 17.2 Å². The molecule has 0 saturated carbocycles. The fraction of sp³-hybridized carbons (Fsp3) is 0.235. The standard InChI is InChI=1S/C17H16N2O6/c1-11(25-14-5-3-13(4-6-14)19(21)22)17(20)18-9-12-2-7-15-16(8-12)24-10-23-15/h2-8,11H,9-10H2,1H3,(H,18,20). The van der Waals surface area contributed by atoms with Crippen LogP contribution in [0.3, 0.4) is 0 Å². The summed E-state index contributed by atoms with van der Waals surface area (Å²) in [5.74, 6) is 1.43. The number of rotatable bonds is 6. The molecule has 0 radical (unpaired) electrons. The number of benzene rings is 2. The van der Waals surface area contributed by atoms with Crippen LogP contribution in [0.5, 0.6) is 17.2 Å². The zero-order chi connectivity index (χ0) is 17.8. The number of fused-ring (bicyclic) bond motifs is 1. The van der Waals surface area contributed by atoms with Crippen molar-refractivity contribution in [2.75, 3.05) is 6.79 Å². The highest BCUT2D eigenvalue weighted by molar-refractivity contribution is 5.80. The summed E-state index contributed by atoms with van der Waals surface area (Å²) in [4.78, 5) is 22.3. The summed E-state index contributed by atoms with van der Waals surface area (Å²) in [6, 6.07) is 11.0. The molecule has 25 heavy (non-hydrogen) atoms. The molecule has 3 rings (SSSR count). The zero-order valence-electron chi connectivity index (χ0n) is 13.4. The SMILES string of the molecule is CC(Oc1ccc([N+](=O)[O-])cc1)C(=O)NCc1ccc2c(c1)OCO2. The highest BCUT2D eigenvalue weighted by Gasteiger charge is 2.17. The van der Waals surface area contributed by atoms with Gasteiger partial charge >= 0.3 is 0 Å². The molecule has 1 aliphatic rings. The summed E-state index contributed by atoms with van der Waals surface area (Å²) < 4.78 is 16.0. The summed E-state index contributed by atoms with van der Waals surface area (Å²) in [5, 5.41) is 13.4. The Morgan fingerprint density at radius 1 is 1.24 bits per heavy atom. The lowest BCUT2D eigenvalue weighted by atomic mass is 10.2. The third-order valence-electron chi connectivity index (χ3n) is 3.63. The first-order valence-electron chi connectivity index (χ1n) is 7.60. The average molecular weight is 344 g/mol. The molecule has 0 fully saturated rings. The lowest BCUT2D eigenvalue weighted by molar-refractivity contribution is -0.384. The number of nitrogens with one attached hydrogen (secondary N) is 1. The van der Waals surface area contributed by atoms with E-state index in [-0.39, 0.29) is 18.4 Å². The lowest BCUT2D eigenvalue weighted by Crippen LogP contribution is -2.35. The Morgan fingerprint density at radius 3 is 2.68 bits per heavy atom. The molecule has 0 aliphatic carbocycles. The highest BCUT2D eigenvalue weighted by Crippen LogP contribution is 2.32. The van der Waals surface area contributed by atoms with E-state index >= 15 is 0 Å². The molecule has 8 heteroatoms. The van der Waals surface area contributed by atoms with Crippen molar-refractivity contribution in [3.63, 3.8) is 0 Å². The molecule has 1 aliphatic heterocycles. The van der Waals surface area contributed by atoms with E-state index in [1.54, 1.807) is 13.0 Å². The van der Waals surface area contributed by atoms with Crippen LogP contribution in [-0.2, 0) is 11.3 Å². The van der Waals surface area contributed by atoms with Gasteiger partial charge in [-0.2, -0.15) is 0 Å². The van der Waals surface area contributed by atoms with Crippen LogP contribution in [0.25, 0.3) is 0 Å². The van der Waals surface area contributed by atoms with Gasteiger partial charge in [-0.15, -0.1) is 0 Å². The first-order valence-corrected chi connectivity index (χ1v) is 7.60. The van der Waals surface area contributed by atoms with E-state index in [1.165, 1.54) is 24.3 Å². The summed E-state index contributed by atoms with van der Waals surface area (Å²) >= 11 is 0. The molecule has 1 amide bonds. The van der Waals surface area contributed by atoms with Crippen LogP contribution in [0.2, 0.25) is 0 Å². The molecule has 8 nitrogen and oxygen atoms in total. The van der Waals surface area contributed by atoms with Crippen LogP contribution in [-0.4, -0.2) is 23.7 Å². The minimum Gasteiger partial charge on any atom is -0.481 e. The monoisotopic (exact) mass is 344 g/mol. The molecule has 1 N–H and O–H groups in total. The number of carbonyl (C=O) groups is 1. The van der Waals surface area contributed by atoms with Crippen molar-refractivity contribution in [3.05, 3.63) is 58.1 Å². The van der Waals surface area contributed by atoms with Crippen molar-refractivity contribution in [1.29, 1.82) is 0 Å². The largest absolute Gasteiger partial charge is 0.481 e. The number of carbonyl (C=O) groups excluding carboxylic acids is 1. The second-order valence-corrected chi connectivity index (χ2v) is 5.42. The van der Waals surface area contributed by atoms with Crippen LogP contribution in [0.15, 0.2) is 42.5 Å². The quantitative estimate of drug-likeness (QED) is 0.638. The van der Waals surface area contributed by atoms with E-state index in [0.717, 1.165) is 5.56 Å². The molecule has 1 atom stereocenters. The number of nitro groups is 1. The highest BCUT2D eigenvalue weighted by atomic mass is 16.7. The van der Waals surface area contributed by atoms with Crippen molar-refractivity contribution >= 4 is 11.6 Å². The number of ether oxygens (including phenoxy) is 3. The van der Waals surface area contributed by atoms with E-state index in [1.807, 2.05) is 12.1 Å². The van der Waals surface area contributed by atoms with Gasteiger partial charge in [0.1, 0.15) is 5.75 Å². The Balaban J connectivity index is 1.53. The van der Waals surface area contributed by atoms with Crippen LogP contribution in [0.4, 0.5) is 5.69 Å². The Bertz CT molecular complexity index is 790. The van der Waals surface area contributed by atoms with Gasteiger partial charge in [-0.3, -0.25) is 14.9 Å². The fourth-order valence-electron chi connectivity index (χ4n) is 2.29. The second-order valence-electron chi connectivity index (χ2n) is 5.42. The summed E-state index contributed by atoms with van der Waals surface area (Å²) in [6.45, 7) is 2.13. The number of amides is 1. The fourth-order valence-corrected chi connectivity index (χ4v) is 2.29. The summed E-state index contributed by atoms with van der Waals surface area (Å²) in [7, 11) is 0. The Kier molecular flexibility index (Phi) is 4.69. The van der Waals surface area contributed by atoms with E-state index < -0.39 is 11.0 Å². The normalized spacial score (nSPS) is 13.2. The van der Waals surface area contributed by atoms with Crippen molar-refractivity contribution in [2.24, 2.45) is 0 Å². The molecule has 1 unspecified atom stereocenters. The minimum absolute atomic E-state index is 0.0349. The molecular formula is C17H16N2O6. The smallest absolute Gasteiger partial charge is 0.269 e. The number of nitrogens with zero attached hydrogens (tertiary/aromatic N) is 1. The Morgan fingerprint density at radius 2 is 1.96 bits per heavy atom. The van der Waals surface area contributed by atoms with Crippen LogP contribution in [0, 0.1) is 10.1 Å².